The van der Waals surface area contributed by atoms with Crippen molar-refractivity contribution in [2.24, 2.45) is 5.73 Å². The maximum Gasteiger partial charge on any atom is 0.233 e. The maximum absolute atomic E-state index is 5.70. The summed E-state index contributed by atoms with van der Waals surface area (Å²) in [4.78, 5) is 8.21. The summed E-state index contributed by atoms with van der Waals surface area (Å²) in [5.74, 6) is 1.22. The zero-order valence-corrected chi connectivity index (χ0v) is 9.40. The van der Waals surface area contributed by atoms with Gasteiger partial charge in [-0.1, -0.05) is 0 Å². The van der Waals surface area contributed by atoms with Crippen molar-refractivity contribution in [2.75, 3.05) is 12.4 Å². The van der Waals surface area contributed by atoms with Crippen molar-refractivity contribution >= 4 is 5.82 Å². The quantitative estimate of drug-likeness (QED) is 0.759. The van der Waals surface area contributed by atoms with E-state index in [1.807, 2.05) is 6.92 Å². The summed E-state index contributed by atoms with van der Waals surface area (Å²) in [6.45, 7) is 4.04. The Morgan fingerprint density at radius 2 is 2.20 bits per heavy atom. The van der Waals surface area contributed by atoms with Crippen LogP contribution in [0.2, 0.25) is 0 Å². The predicted octanol–water partition coefficient (Wildman–Crippen LogP) is 1.02. The molecule has 0 amide bonds. The van der Waals surface area contributed by atoms with E-state index in [9.17, 15) is 0 Å². The zero-order valence-electron chi connectivity index (χ0n) is 9.40. The lowest BCUT2D eigenvalue weighted by molar-refractivity contribution is 0.396. The van der Waals surface area contributed by atoms with Crippen molar-refractivity contribution in [1.82, 2.24) is 9.97 Å². The summed E-state index contributed by atoms with van der Waals surface area (Å²) in [7, 11) is 1.57. The summed E-state index contributed by atoms with van der Waals surface area (Å²) in [6, 6.07) is 0.442. The molecule has 1 heterocycles. The molecule has 1 aromatic rings. The van der Waals surface area contributed by atoms with Gasteiger partial charge in [-0.3, -0.25) is 4.98 Å². The molecule has 15 heavy (non-hydrogen) atoms. The van der Waals surface area contributed by atoms with Crippen LogP contribution in [-0.2, 0) is 0 Å². The minimum atomic E-state index is 0.172. The standard InChI is InChI=1S/C10H18N4O/c1-7(11)4-8(2)13-9-5-12-6-10(14-9)15-3/h5-8H,4,11H2,1-3H3,(H,13,14). The lowest BCUT2D eigenvalue weighted by Gasteiger charge is -2.16. The Morgan fingerprint density at radius 3 is 2.80 bits per heavy atom. The molecule has 1 aromatic heterocycles. The summed E-state index contributed by atoms with van der Waals surface area (Å²) >= 11 is 0. The first-order valence-electron chi connectivity index (χ1n) is 5.00. The maximum atomic E-state index is 5.70. The molecule has 0 saturated heterocycles. The first-order valence-corrected chi connectivity index (χ1v) is 5.00. The topological polar surface area (TPSA) is 73.1 Å². The van der Waals surface area contributed by atoms with E-state index in [1.54, 1.807) is 19.5 Å². The molecule has 84 valence electrons. The molecule has 3 N–H and O–H groups in total. The van der Waals surface area contributed by atoms with E-state index in [1.165, 1.54) is 0 Å². The van der Waals surface area contributed by atoms with Gasteiger partial charge >= 0.3 is 0 Å². The first-order chi connectivity index (χ1) is 7.11. The highest BCUT2D eigenvalue weighted by Crippen LogP contribution is 2.10. The van der Waals surface area contributed by atoms with Crippen LogP contribution in [0, 0.1) is 0 Å². The first kappa shape index (κ1) is 11.7. The van der Waals surface area contributed by atoms with Crippen molar-refractivity contribution in [3.63, 3.8) is 0 Å². The van der Waals surface area contributed by atoms with Gasteiger partial charge < -0.3 is 15.8 Å². The summed E-state index contributed by atoms with van der Waals surface area (Å²) < 4.78 is 4.98. The van der Waals surface area contributed by atoms with Crippen LogP contribution < -0.4 is 15.8 Å². The molecule has 0 saturated carbocycles. The second-order valence-corrected chi connectivity index (χ2v) is 3.71. The van der Waals surface area contributed by atoms with E-state index >= 15 is 0 Å². The molecule has 5 heteroatoms. The minimum Gasteiger partial charge on any atom is -0.480 e. The normalized spacial score (nSPS) is 14.4. The molecule has 0 aliphatic rings. The molecule has 2 unspecified atom stereocenters. The number of nitrogens with two attached hydrogens (primary N) is 1. The van der Waals surface area contributed by atoms with Crippen molar-refractivity contribution in [3.05, 3.63) is 12.4 Å². The van der Waals surface area contributed by atoms with Crippen LogP contribution >= 0.6 is 0 Å². The lowest BCUT2D eigenvalue weighted by Crippen LogP contribution is -2.26. The van der Waals surface area contributed by atoms with E-state index in [0.29, 0.717) is 11.7 Å². The van der Waals surface area contributed by atoms with Crippen LogP contribution in [-0.4, -0.2) is 29.2 Å². The third-order valence-corrected chi connectivity index (χ3v) is 1.94. The summed E-state index contributed by atoms with van der Waals surface area (Å²) in [5, 5.41) is 3.21. The molecule has 1 rings (SSSR count). The Bertz CT molecular complexity index is 303. The van der Waals surface area contributed by atoms with Crippen LogP contribution in [0.1, 0.15) is 20.3 Å². The molecular weight excluding hydrogens is 192 g/mol. The molecule has 0 aliphatic heterocycles. The van der Waals surface area contributed by atoms with Gasteiger partial charge in [0.05, 0.1) is 19.5 Å². The fourth-order valence-corrected chi connectivity index (χ4v) is 1.39. The highest BCUT2D eigenvalue weighted by Gasteiger charge is 2.06. The monoisotopic (exact) mass is 210 g/mol. The molecule has 0 radical (unpaired) electrons. The number of nitrogens with one attached hydrogen (secondary N) is 1. The Balaban J connectivity index is 2.55. The number of ether oxygens (including phenoxy) is 1. The van der Waals surface area contributed by atoms with Crippen LogP contribution in [0.25, 0.3) is 0 Å². The fraction of sp³-hybridized carbons (Fsp3) is 0.600. The molecule has 0 fully saturated rings. The minimum absolute atomic E-state index is 0.172. The van der Waals surface area contributed by atoms with E-state index < -0.39 is 0 Å². The van der Waals surface area contributed by atoms with Crippen LogP contribution in [0.3, 0.4) is 0 Å². The number of hydrogen-bond donors (Lipinski definition) is 2. The number of methoxy groups -OCH3 is 1. The van der Waals surface area contributed by atoms with E-state index in [4.69, 9.17) is 10.5 Å². The average Bonchev–Trinajstić information content (AvgIpc) is 2.16. The van der Waals surface area contributed by atoms with Gasteiger partial charge in [0.25, 0.3) is 0 Å². The van der Waals surface area contributed by atoms with Crippen molar-refractivity contribution in [2.45, 2.75) is 32.4 Å². The van der Waals surface area contributed by atoms with E-state index in [2.05, 4.69) is 22.2 Å². The largest absolute Gasteiger partial charge is 0.480 e. The van der Waals surface area contributed by atoms with Gasteiger partial charge in [0.2, 0.25) is 5.88 Å². The van der Waals surface area contributed by atoms with Crippen LogP contribution in [0.15, 0.2) is 12.4 Å². The predicted molar refractivity (Wildman–Crippen MR) is 59.9 cm³/mol. The third-order valence-electron chi connectivity index (χ3n) is 1.94. The zero-order chi connectivity index (χ0) is 11.3. The van der Waals surface area contributed by atoms with Gasteiger partial charge in [0.15, 0.2) is 0 Å². The molecule has 5 nitrogen and oxygen atoms in total. The number of anilines is 1. The number of nitrogens with zero attached hydrogens (tertiary/aromatic N) is 2. The van der Waals surface area contributed by atoms with Gasteiger partial charge in [0.1, 0.15) is 5.82 Å². The molecule has 2 atom stereocenters. The Labute approximate surface area is 90.1 Å². The van der Waals surface area contributed by atoms with Gasteiger partial charge in [-0.15, -0.1) is 0 Å². The van der Waals surface area contributed by atoms with Gasteiger partial charge in [0, 0.05) is 12.1 Å². The molecule has 0 spiro atoms. The summed E-state index contributed by atoms with van der Waals surface area (Å²) in [5.41, 5.74) is 5.70. The van der Waals surface area contributed by atoms with Crippen LogP contribution in [0.4, 0.5) is 5.82 Å². The van der Waals surface area contributed by atoms with Crippen molar-refractivity contribution < 1.29 is 4.74 Å². The number of hydrogen-bond acceptors (Lipinski definition) is 5. The fourth-order valence-electron chi connectivity index (χ4n) is 1.39. The van der Waals surface area contributed by atoms with Crippen molar-refractivity contribution in [1.29, 1.82) is 0 Å². The highest BCUT2D eigenvalue weighted by atomic mass is 16.5. The average molecular weight is 210 g/mol. The van der Waals surface area contributed by atoms with Crippen LogP contribution in [0.5, 0.6) is 5.88 Å². The molecule has 0 aromatic carbocycles. The second kappa shape index (κ2) is 5.50. The van der Waals surface area contributed by atoms with E-state index in [0.717, 1.165) is 6.42 Å². The Kier molecular flexibility index (Phi) is 4.30. The lowest BCUT2D eigenvalue weighted by atomic mass is 10.1. The molecule has 0 aliphatic carbocycles. The van der Waals surface area contributed by atoms with Gasteiger partial charge in [-0.05, 0) is 20.3 Å². The van der Waals surface area contributed by atoms with Crippen molar-refractivity contribution in [3.8, 4) is 5.88 Å². The van der Waals surface area contributed by atoms with Gasteiger partial charge in [-0.2, -0.15) is 4.98 Å². The summed E-state index contributed by atoms with van der Waals surface area (Å²) in [6.07, 6.45) is 4.13. The molecular formula is C10H18N4O. The molecule has 0 bridgehead atoms. The SMILES string of the molecule is COc1cncc(NC(C)CC(C)N)n1. The number of aromatic nitrogens is 2. The second-order valence-electron chi connectivity index (χ2n) is 3.71. The third kappa shape index (κ3) is 4.12. The van der Waals surface area contributed by atoms with E-state index in [-0.39, 0.29) is 12.1 Å². The highest BCUT2D eigenvalue weighted by molar-refractivity contribution is 5.34. The Morgan fingerprint density at radius 1 is 1.47 bits per heavy atom. The Hall–Kier alpha value is -1.36. The number of rotatable bonds is 5. The smallest absolute Gasteiger partial charge is 0.233 e. The van der Waals surface area contributed by atoms with Gasteiger partial charge in [-0.25, -0.2) is 0 Å².